The van der Waals surface area contributed by atoms with Crippen LogP contribution in [0.25, 0.3) is 0 Å². The van der Waals surface area contributed by atoms with Gasteiger partial charge in [-0.3, -0.25) is 0 Å². The molecule has 0 aliphatic heterocycles. The Kier molecular flexibility index (Phi) is 6.24. The number of aliphatic hydroxyl groups is 1. The molecule has 1 unspecified atom stereocenters. The summed E-state index contributed by atoms with van der Waals surface area (Å²) in [6.45, 7) is 6.31. The summed E-state index contributed by atoms with van der Waals surface area (Å²) in [6, 6.07) is 0. The minimum Gasteiger partial charge on any atom is -0.393 e. The summed E-state index contributed by atoms with van der Waals surface area (Å²) < 4.78 is 0. The van der Waals surface area contributed by atoms with E-state index in [-0.39, 0.29) is 6.10 Å². The average Bonchev–Trinajstić information content (AvgIpc) is 2.04. The maximum atomic E-state index is 9.21. The minimum absolute atomic E-state index is 0.101. The van der Waals surface area contributed by atoms with Gasteiger partial charge in [-0.1, -0.05) is 25.5 Å². The average molecular weight is 156 g/mol. The highest BCUT2D eigenvalue weighted by molar-refractivity contribution is 4.96. The maximum absolute atomic E-state index is 9.21. The lowest BCUT2D eigenvalue weighted by molar-refractivity contribution is 0.161. The SMILES string of the molecule is CCC(C)=CCCC(O)CC. The largest absolute Gasteiger partial charge is 0.393 e. The van der Waals surface area contributed by atoms with Crippen molar-refractivity contribution in [3.63, 3.8) is 0 Å². The normalized spacial score (nSPS) is 15.1. The first-order valence-electron chi connectivity index (χ1n) is 4.54. The molecule has 0 aliphatic rings. The molecule has 66 valence electrons. The van der Waals surface area contributed by atoms with E-state index in [2.05, 4.69) is 19.9 Å². The molecule has 0 saturated heterocycles. The first kappa shape index (κ1) is 10.7. The zero-order valence-corrected chi connectivity index (χ0v) is 7.93. The number of rotatable bonds is 5. The summed E-state index contributed by atoms with van der Waals surface area (Å²) in [7, 11) is 0. The second kappa shape index (κ2) is 6.41. The number of allylic oxidation sites excluding steroid dienone is 2. The fourth-order valence-electron chi connectivity index (χ4n) is 0.871. The highest BCUT2D eigenvalue weighted by Gasteiger charge is 1.97. The van der Waals surface area contributed by atoms with Crippen molar-refractivity contribution >= 4 is 0 Å². The topological polar surface area (TPSA) is 20.2 Å². The van der Waals surface area contributed by atoms with Gasteiger partial charge in [-0.2, -0.15) is 0 Å². The fraction of sp³-hybridized carbons (Fsp3) is 0.800. The Morgan fingerprint density at radius 1 is 1.45 bits per heavy atom. The first-order valence-corrected chi connectivity index (χ1v) is 4.54. The monoisotopic (exact) mass is 156 g/mol. The van der Waals surface area contributed by atoms with E-state index in [4.69, 9.17) is 0 Å². The van der Waals surface area contributed by atoms with Gasteiger partial charge in [-0.25, -0.2) is 0 Å². The zero-order valence-electron chi connectivity index (χ0n) is 7.93. The minimum atomic E-state index is -0.101. The summed E-state index contributed by atoms with van der Waals surface area (Å²) in [5.74, 6) is 0. The van der Waals surface area contributed by atoms with Crippen LogP contribution in [0.5, 0.6) is 0 Å². The van der Waals surface area contributed by atoms with Gasteiger partial charge in [0, 0.05) is 0 Å². The standard InChI is InChI=1S/C10H20O/c1-4-9(3)7-6-8-10(11)5-2/h7,10-11H,4-6,8H2,1-3H3. The third-order valence-corrected chi connectivity index (χ3v) is 2.02. The molecule has 0 aromatic rings. The quantitative estimate of drug-likeness (QED) is 0.607. The van der Waals surface area contributed by atoms with Crippen LogP contribution < -0.4 is 0 Å². The van der Waals surface area contributed by atoms with Crippen LogP contribution in [0, 0.1) is 0 Å². The van der Waals surface area contributed by atoms with Crippen molar-refractivity contribution < 1.29 is 5.11 Å². The number of hydrogen-bond acceptors (Lipinski definition) is 1. The van der Waals surface area contributed by atoms with Crippen molar-refractivity contribution in [2.45, 2.75) is 52.6 Å². The van der Waals surface area contributed by atoms with Crippen LogP contribution in [0.2, 0.25) is 0 Å². The van der Waals surface area contributed by atoms with Gasteiger partial charge < -0.3 is 5.11 Å². The molecular formula is C10H20O. The van der Waals surface area contributed by atoms with E-state index in [1.165, 1.54) is 5.57 Å². The van der Waals surface area contributed by atoms with Crippen molar-refractivity contribution in [3.05, 3.63) is 11.6 Å². The van der Waals surface area contributed by atoms with Gasteiger partial charge in [0.05, 0.1) is 6.10 Å². The van der Waals surface area contributed by atoms with Crippen LogP contribution in [0.4, 0.5) is 0 Å². The number of hydrogen-bond donors (Lipinski definition) is 1. The van der Waals surface area contributed by atoms with Crippen LogP contribution in [-0.2, 0) is 0 Å². The Hall–Kier alpha value is -0.300. The zero-order chi connectivity index (χ0) is 8.69. The van der Waals surface area contributed by atoms with Crippen molar-refractivity contribution in [2.24, 2.45) is 0 Å². The first-order chi connectivity index (χ1) is 5.20. The van der Waals surface area contributed by atoms with Gasteiger partial charge >= 0.3 is 0 Å². The molecule has 11 heavy (non-hydrogen) atoms. The molecule has 0 spiro atoms. The molecular weight excluding hydrogens is 136 g/mol. The highest BCUT2D eigenvalue weighted by Crippen LogP contribution is 2.05. The summed E-state index contributed by atoms with van der Waals surface area (Å²) >= 11 is 0. The molecule has 0 aliphatic carbocycles. The van der Waals surface area contributed by atoms with Crippen LogP contribution in [-0.4, -0.2) is 11.2 Å². The van der Waals surface area contributed by atoms with Gasteiger partial charge in [-0.15, -0.1) is 0 Å². The molecule has 0 rings (SSSR count). The van der Waals surface area contributed by atoms with E-state index in [1.807, 2.05) is 6.92 Å². The summed E-state index contributed by atoms with van der Waals surface area (Å²) in [5.41, 5.74) is 1.42. The molecule has 0 saturated carbocycles. The van der Waals surface area contributed by atoms with Gasteiger partial charge in [0.1, 0.15) is 0 Å². The van der Waals surface area contributed by atoms with Gasteiger partial charge in [0.2, 0.25) is 0 Å². The van der Waals surface area contributed by atoms with Crippen LogP contribution in [0.3, 0.4) is 0 Å². The Morgan fingerprint density at radius 3 is 2.55 bits per heavy atom. The molecule has 0 radical (unpaired) electrons. The molecule has 0 aromatic heterocycles. The molecule has 1 heteroatoms. The van der Waals surface area contributed by atoms with Crippen LogP contribution in [0.15, 0.2) is 11.6 Å². The Balaban J connectivity index is 3.39. The van der Waals surface area contributed by atoms with E-state index >= 15 is 0 Å². The smallest absolute Gasteiger partial charge is 0.0540 e. The Labute approximate surface area is 70.1 Å². The molecule has 0 heterocycles. The molecule has 0 bridgehead atoms. The molecule has 0 amide bonds. The fourth-order valence-corrected chi connectivity index (χ4v) is 0.871. The molecule has 0 aromatic carbocycles. The van der Waals surface area contributed by atoms with Crippen LogP contribution in [0.1, 0.15) is 46.5 Å². The lowest BCUT2D eigenvalue weighted by atomic mass is 10.1. The van der Waals surface area contributed by atoms with E-state index in [1.54, 1.807) is 0 Å². The van der Waals surface area contributed by atoms with E-state index < -0.39 is 0 Å². The third kappa shape index (κ3) is 6.11. The second-order valence-electron chi connectivity index (χ2n) is 3.04. The van der Waals surface area contributed by atoms with Crippen LogP contribution >= 0.6 is 0 Å². The highest BCUT2D eigenvalue weighted by atomic mass is 16.3. The molecule has 1 N–H and O–H groups in total. The van der Waals surface area contributed by atoms with Crippen molar-refractivity contribution in [2.75, 3.05) is 0 Å². The second-order valence-corrected chi connectivity index (χ2v) is 3.04. The van der Waals surface area contributed by atoms with E-state index in [9.17, 15) is 5.11 Å². The van der Waals surface area contributed by atoms with Crippen molar-refractivity contribution in [1.82, 2.24) is 0 Å². The molecule has 1 nitrogen and oxygen atoms in total. The van der Waals surface area contributed by atoms with Gasteiger partial charge in [0.15, 0.2) is 0 Å². The predicted octanol–water partition coefficient (Wildman–Crippen LogP) is 2.89. The van der Waals surface area contributed by atoms with E-state index in [0.29, 0.717) is 0 Å². The summed E-state index contributed by atoms with van der Waals surface area (Å²) in [4.78, 5) is 0. The predicted molar refractivity (Wildman–Crippen MR) is 49.6 cm³/mol. The van der Waals surface area contributed by atoms with E-state index in [0.717, 1.165) is 25.7 Å². The lowest BCUT2D eigenvalue weighted by Crippen LogP contribution is -2.02. The lowest BCUT2D eigenvalue weighted by Gasteiger charge is -2.04. The summed E-state index contributed by atoms with van der Waals surface area (Å²) in [6.07, 6.45) is 6.05. The van der Waals surface area contributed by atoms with Crippen molar-refractivity contribution in [3.8, 4) is 0 Å². The molecule has 1 atom stereocenters. The Morgan fingerprint density at radius 2 is 2.09 bits per heavy atom. The maximum Gasteiger partial charge on any atom is 0.0540 e. The number of aliphatic hydroxyl groups excluding tert-OH is 1. The Bertz CT molecular complexity index is 116. The van der Waals surface area contributed by atoms with Gasteiger partial charge in [-0.05, 0) is 32.6 Å². The van der Waals surface area contributed by atoms with Crippen molar-refractivity contribution in [1.29, 1.82) is 0 Å². The third-order valence-electron chi connectivity index (χ3n) is 2.02. The molecule has 0 fully saturated rings. The summed E-state index contributed by atoms with van der Waals surface area (Å²) in [5, 5.41) is 9.21. The van der Waals surface area contributed by atoms with Gasteiger partial charge in [0.25, 0.3) is 0 Å².